The molecule has 1 heterocycles. The predicted octanol–water partition coefficient (Wildman–Crippen LogP) is 2.35. The third kappa shape index (κ3) is 5.71. The van der Waals surface area contributed by atoms with E-state index in [9.17, 15) is 9.59 Å². The number of nitrogens with zero attached hydrogens (tertiary/aromatic N) is 1. The summed E-state index contributed by atoms with van der Waals surface area (Å²) in [6.45, 7) is 2.18. The normalized spacial score (nSPS) is 15.1. The van der Waals surface area contributed by atoms with Crippen LogP contribution in [0.25, 0.3) is 0 Å². The molecule has 6 nitrogen and oxygen atoms in total. The monoisotopic (exact) mass is 304 g/mol. The Kier molecular flexibility index (Phi) is 6.18. The van der Waals surface area contributed by atoms with Crippen molar-refractivity contribution in [3.63, 3.8) is 0 Å². The van der Waals surface area contributed by atoms with E-state index in [4.69, 9.17) is 0 Å². The summed E-state index contributed by atoms with van der Waals surface area (Å²) in [5.74, 6) is 0.382. The third-order valence-electron chi connectivity index (χ3n) is 3.73. The van der Waals surface area contributed by atoms with Gasteiger partial charge < -0.3 is 16.0 Å². The number of aromatic nitrogens is 1. The lowest BCUT2D eigenvalue weighted by atomic mass is 9.96. The first-order valence-corrected chi connectivity index (χ1v) is 7.91. The number of pyridine rings is 1. The molecular formula is C16H24N4O2. The Morgan fingerprint density at radius 1 is 1.23 bits per heavy atom. The van der Waals surface area contributed by atoms with Crippen molar-refractivity contribution in [3.05, 3.63) is 23.9 Å². The van der Waals surface area contributed by atoms with Crippen LogP contribution in [0.2, 0.25) is 0 Å². The van der Waals surface area contributed by atoms with Crippen LogP contribution < -0.4 is 16.0 Å². The Balaban J connectivity index is 1.63. The van der Waals surface area contributed by atoms with E-state index in [1.807, 2.05) is 19.1 Å². The molecule has 0 aliphatic heterocycles. The first-order valence-electron chi connectivity index (χ1n) is 7.91. The molecule has 0 radical (unpaired) electrons. The van der Waals surface area contributed by atoms with E-state index in [2.05, 4.69) is 20.9 Å². The van der Waals surface area contributed by atoms with Gasteiger partial charge in [0.25, 0.3) is 0 Å². The van der Waals surface area contributed by atoms with Crippen LogP contribution in [0.4, 0.5) is 10.6 Å². The van der Waals surface area contributed by atoms with Gasteiger partial charge in [0.15, 0.2) is 0 Å². The molecule has 1 aliphatic rings. The standard InChI is InChI=1S/C16H24N4O2/c1-12-6-5-9-14(18-12)20-15(21)10-11-17-16(22)19-13-7-3-2-4-8-13/h5-6,9,13H,2-4,7-8,10-11H2,1H3,(H2,17,19,22)(H,18,20,21). The summed E-state index contributed by atoms with van der Waals surface area (Å²) in [5, 5.41) is 8.40. The van der Waals surface area contributed by atoms with Crippen molar-refractivity contribution in [3.8, 4) is 0 Å². The van der Waals surface area contributed by atoms with E-state index in [0.717, 1.165) is 18.5 Å². The number of hydrogen-bond acceptors (Lipinski definition) is 3. The van der Waals surface area contributed by atoms with Crippen molar-refractivity contribution in [2.24, 2.45) is 0 Å². The molecule has 0 atom stereocenters. The van der Waals surface area contributed by atoms with E-state index < -0.39 is 0 Å². The van der Waals surface area contributed by atoms with Crippen LogP contribution in [-0.4, -0.2) is 29.5 Å². The van der Waals surface area contributed by atoms with Crippen molar-refractivity contribution in [1.82, 2.24) is 15.6 Å². The van der Waals surface area contributed by atoms with Crippen molar-refractivity contribution < 1.29 is 9.59 Å². The highest BCUT2D eigenvalue weighted by Crippen LogP contribution is 2.17. The van der Waals surface area contributed by atoms with Gasteiger partial charge in [0, 0.05) is 24.7 Å². The summed E-state index contributed by atoms with van der Waals surface area (Å²) in [4.78, 5) is 27.7. The van der Waals surface area contributed by atoms with Gasteiger partial charge in [0.05, 0.1) is 0 Å². The van der Waals surface area contributed by atoms with Crippen LogP contribution in [0.5, 0.6) is 0 Å². The Hall–Kier alpha value is -2.11. The van der Waals surface area contributed by atoms with Crippen molar-refractivity contribution >= 4 is 17.8 Å². The molecule has 1 aliphatic carbocycles. The maximum atomic E-state index is 11.8. The largest absolute Gasteiger partial charge is 0.338 e. The number of aryl methyl sites for hydroxylation is 1. The van der Waals surface area contributed by atoms with Crippen LogP contribution in [0.3, 0.4) is 0 Å². The van der Waals surface area contributed by atoms with Crippen molar-refractivity contribution in [2.45, 2.75) is 51.5 Å². The number of nitrogens with one attached hydrogen (secondary N) is 3. The minimum Gasteiger partial charge on any atom is -0.338 e. The molecule has 2 rings (SSSR count). The highest BCUT2D eigenvalue weighted by atomic mass is 16.2. The molecule has 22 heavy (non-hydrogen) atoms. The molecule has 0 unspecified atom stereocenters. The zero-order valence-electron chi connectivity index (χ0n) is 13.0. The second kappa shape index (κ2) is 8.36. The zero-order chi connectivity index (χ0) is 15.8. The number of anilines is 1. The maximum Gasteiger partial charge on any atom is 0.315 e. The van der Waals surface area contributed by atoms with E-state index in [1.54, 1.807) is 6.07 Å². The molecule has 6 heteroatoms. The van der Waals surface area contributed by atoms with E-state index in [1.165, 1.54) is 19.3 Å². The number of urea groups is 1. The van der Waals surface area contributed by atoms with Gasteiger partial charge in [-0.2, -0.15) is 0 Å². The van der Waals surface area contributed by atoms with Crippen LogP contribution in [0, 0.1) is 6.92 Å². The van der Waals surface area contributed by atoms with Gasteiger partial charge in [-0.3, -0.25) is 4.79 Å². The molecule has 0 aromatic carbocycles. The minimum absolute atomic E-state index is 0.156. The third-order valence-corrected chi connectivity index (χ3v) is 3.73. The Labute approximate surface area is 131 Å². The molecule has 0 spiro atoms. The van der Waals surface area contributed by atoms with Gasteiger partial charge in [-0.1, -0.05) is 25.3 Å². The summed E-state index contributed by atoms with van der Waals surface area (Å²) in [7, 11) is 0. The number of carbonyl (C=O) groups is 2. The lowest BCUT2D eigenvalue weighted by Gasteiger charge is -2.22. The molecule has 1 aromatic heterocycles. The van der Waals surface area contributed by atoms with Gasteiger partial charge in [0.2, 0.25) is 5.91 Å². The number of amides is 3. The van der Waals surface area contributed by atoms with Gasteiger partial charge in [-0.05, 0) is 31.9 Å². The fourth-order valence-electron chi connectivity index (χ4n) is 2.59. The Morgan fingerprint density at radius 3 is 2.73 bits per heavy atom. The molecule has 120 valence electrons. The zero-order valence-corrected chi connectivity index (χ0v) is 13.0. The van der Waals surface area contributed by atoms with E-state index in [-0.39, 0.29) is 24.4 Å². The lowest BCUT2D eigenvalue weighted by Crippen LogP contribution is -2.43. The SMILES string of the molecule is Cc1cccc(NC(=O)CCNC(=O)NC2CCCCC2)n1. The Bertz CT molecular complexity index is 513. The van der Waals surface area contributed by atoms with Crippen LogP contribution in [0.15, 0.2) is 18.2 Å². The first-order chi connectivity index (χ1) is 10.6. The smallest absolute Gasteiger partial charge is 0.315 e. The summed E-state index contributed by atoms with van der Waals surface area (Å²) < 4.78 is 0. The molecule has 3 N–H and O–H groups in total. The molecule has 0 saturated heterocycles. The van der Waals surface area contributed by atoms with Gasteiger partial charge in [0.1, 0.15) is 5.82 Å². The fourth-order valence-corrected chi connectivity index (χ4v) is 2.59. The Morgan fingerprint density at radius 2 is 2.00 bits per heavy atom. The number of carbonyl (C=O) groups excluding carboxylic acids is 2. The summed E-state index contributed by atoms with van der Waals surface area (Å²) in [6.07, 6.45) is 5.94. The van der Waals surface area contributed by atoms with Crippen LogP contribution in [-0.2, 0) is 4.79 Å². The average molecular weight is 304 g/mol. The maximum absolute atomic E-state index is 11.8. The second-order valence-electron chi connectivity index (χ2n) is 5.70. The van der Waals surface area contributed by atoms with Gasteiger partial charge in [-0.25, -0.2) is 9.78 Å². The molecule has 1 aromatic rings. The highest BCUT2D eigenvalue weighted by molar-refractivity contribution is 5.90. The van der Waals surface area contributed by atoms with Crippen molar-refractivity contribution in [1.29, 1.82) is 0 Å². The summed E-state index contributed by atoms with van der Waals surface area (Å²) >= 11 is 0. The quantitative estimate of drug-likeness (QED) is 0.781. The number of hydrogen-bond donors (Lipinski definition) is 3. The predicted molar refractivity (Wildman–Crippen MR) is 85.6 cm³/mol. The molecular weight excluding hydrogens is 280 g/mol. The number of rotatable bonds is 5. The van der Waals surface area contributed by atoms with Crippen LogP contribution >= 0.6 is 0 Å². The lowest BCUT2D eigenvalue weighted by molar-refractivity contribution is -0.116. The highest BCUT2D eigenvalue weighted by Gasteiger charge is 2.15. The molecule has 1 fully saturated rings. The minimum atomic E-state index is -0.187. The molecule has 0 bridgehead atoms. The van der Waals surface area contributed by atoms with Gasteiger partial charge >= 0.3 is 6.03 Å². The molecule has 3 amide bonds. The first kappa shape index (κ1) is 16.3. The van der Waals surface area contributed by atoms with Crippen molar-refractivity contribution in [2.75, 3.05) is 11.9 Å². The fraction of sp³-hybridized carbons (Fsp3) is 0.562. The van der Waals surface area contributed by atoms with Gasteiger partial charge in [-0.15, -0.1) is 0 Å². The van der Waals surface area contributed by atoms with E-state index in [0.29, 0.717) is 12.4 Å². The summed E-state index contributed by atoms with van der Waals surface area (Å²) in [5.41, 5.74) is 0.850. The van der Waals surface area contributed by atoms with E-state index >= 15 is 0 Å². The topological polar surface area (TPSA) is 83.1 Å². The van der Waals surface area contributed by atoms with Crippen LogP contribution in [0.1, 0.15) is 44.2 Å². The second-order valence-corrected chi connectivity index (χ2v) is 5.70. The summed E-state index contributed by atoms with van der Waals surface area (Å²) in [6, 6.07) is 5.54. The molecule has 1 saturated carbocycles. The average Bonchev–Trinajstić information content (AvgIpc) is 2.48.